The van der Waals surface area contributed by atoms with E-state index in [-0.39, 0.29) is 18.2 Å². The Bertz CT molecular complexity index is 1020. The third kappa shape index (κ3) is 12.5. The van der Waals surface area contributed by atoms with Crippen molar-refractivity contribution in [2.75, 3.05) is 13.2 Å². The molecule has 38 heavy (non-hydrogen) atoms. The fourth-order valence-electron chi connectivity index (χ4n) is 3.77. The molecule has 0 unspecified atom stereocenters. The number of ether oxygens (including phenoxy) is 2. The molecule has 0 aromatic heterocycles. The number of hydrazone groups is 1. The second kappa shape index (κ2) is 18.5. The van der Waals surface area contributed by atoms with Crippen molar-refractivity contribution in [3.05, 3.63) is 59.7 Å². The first kappa shape index (κ1) is 30.5. The van der Waals surface area contributed by atoms with Crippen molar-refractivity contribution in [3.63, 3.8) is 0 Å². The van der Waals surface area contributed by atoms with Crippen molar-refractivity contribution in [1.82, 2.24) is 10.7 Å². The second-order valence-electron chi connectivity index (χ2n) is 9.04. The highest BCUT2D eigenvalue weighted by Crippen LogP contribution is 2.29. The Kier molecular flexibility index (Phi) is 14.9. The van der Waals surface area contributed by atoms with Crippen molar-refractivity contribution < 1.29 is 23.9 Å². The molecule has 0 saturated heterocycles. The van der Waals surface area contributed by atoms with Crippen LogP contribution in [-0.2, 0) is 9.59 Å². The van der Waals surface area contributed by atoms with Gasteiger partial charge in [-0.2, -0.15) is 5.10 Å². The van der Waals surface area contributed by atoms with E-state index in [2.05, 4.69) is 22.8 Å². The molecule has 206 valence electrons. The van der Waals surface area contributed by atoms with E-state index in [1.165, 1.54) is 44.7 Å². The molecule has 0 radical (unpaired) electrons. The van der Waals surface area contributed by atoms with Crippen LogP contribution in [0.3, 0.4) is 0 Å². The molecule has 0 spiro atoms. The maximum Gasteiger partial charge on any atom is 0.343 e. The zero-order chi connectivity index (χ0) is 27.4. The Morgan fingerprint density at radius 1 is 0.816 bits per heavy atom. The van der Waals surface area contributed by atoms with Gasteiger partial charge < -0.3 is 14.8 Å². The summed E-state index contributed by atoms with van der Waals surface area (Å²) in [4.78, 5) is 36.4. The number of nitrogens with one attached hydrogen (secondary N) is 2. The zero-order valence-electron chi connectivity index (χ0n) is 22.7. The minimum Gasteiger partial charge on any atom is -0.490 e. The highest BCUT2D eigenvalue weighted by atomic mass is 16.6. The summed E-state index contributed by atoms with van der Waals surface area (Å²) >= 11 is 0. The highest BCUT2D eigenvalue weighted by molar-refractivity contribution is 5.91. The third-order valence-corrected chi connectivity index (χ3v) is 5.84. The van der Waals surface area contributed by atoms with E-state index in [4.69, 9.17) is 9.47 Å². The molecule has 0 aliphatic heterocycles. The third-order valence-electron chi connectivity index (χ3n) is 5.84. The first-order valence-electron chi connectivity index (χ1n) is 13.7. The van der Waals surface area contributed by atoms with Gasteiger partial charge in [-0.3, -0.25) is 9.59 Å². The molecule has 8 nitrogen and oxygen atoms in total. The number of amides is 2. The smallest absolute Gasteiger partial charge is 0.343 e. The first-order valence-corrected chi connectivity index (χ1v) is 13.7. The zero-order valence-corrected chi connectivity index (χ0v) is 22.7. The van der Waals surface area contributed by atoms with Crippen LogP contribution in [0.25, 0.3) is 0 Å². The van der Waals surface area contributed by atoms with Crippen LogP contribution >= 0.6 is 0 Å². The van der Waals surface area contributed by atoms with Crippen LogP contribution in [0.4, 0.5) is 0 Å². The average molecular weight is 524 g/mol. The van der Waals surface area contributed by atoms with Crippen molar-refractivity contribution >= 4 is 24.0 Å². The highest BCUT2D eigenvalue weighted by Gasteiger charge is 2.13. The van der Waals surface area contributed by atoms with Gasteiger partial charge in [0.15, 0.2) is 11.5 Å². The quantitative estimate of drug-likeness (QED) is 0.0845. The summed E-state index contributed by atoms with van der Waals surface area (Å²) in [6.07, 6.45) is 12.6. The molecule has 0 saturated carbocycles. The van der Waals surface area contributed by atoms with E-state index in [9.17, 15) is 14.4 Å². The topological polar surface area (TPSA) is 106 Å². The molecule has 0 heterocycles. The van der Waals surface area contributed by atoms with Crippen molar-refractivity contribution in [2.24, 2.45) is 5.10 Å². The molecule has 2 aromatic rings. The van der Waals surface area contributed by atoms with Crippen LogP contribution in [0.15, 0.2) is 53.6 Å². The number of rotatable bonds is 18. The van der Waals surface area contributed by atoms with Gasteiger partial charge in [0.25, 0.3) is 5.91 Å². The van der Waals surface area contributed by atoms with Gasteiger partial charge in [-0.05, 0) is 49.2 Å². The summed E-state index contributed by atoms with van der Waals surface area (Å²) in [5.41, 5.74) is 3.48. The van der Waals surface area contributed by atoms with E-state index in [1.54, 1.807) is 42.5 Å². The Labute approximate surface area is 226 Å². The number of esters is 1. The van der Waals surface area contributed by atoms with Crippen molar-refractivity contribution in [1.29, 1.82) is 0 Å². The van der Waals surface area contributed by atoms with Crippen LogP contribution in [0.1, 0.15) is 94.0 Å². The molecule has 8 heteroatoms. The average Bonchev–Trinajstić information content (AvgIpc) is 2.93. The van der Waals surface area contributed by atoms with E-state index in [0.29, 0.717) is 29.9 Å². The lowest BCUT2D eigenvalue weighted by Crippen LogP contribution is -2.34. The minimum atomic E-state index is -0.486. The van der Waals surface area contributed by atoms with Gasteiger partial charge in [-0.1, -0.05) is 76.5 Å². The number of hydrogen-bond donors (Lipinski definition) is 2. The van der Waals surface area contributed by atoms with Crippen molar-refractivity contribution in [2.45, 2.75) is 78.1 Å². The summed E-state index contributed by atoms with van der Waals surface area (Å²) in [5.74, 6) is -0.360. The Balaban J connectivity index is 1.70. The molecular weight excluding hydrogens is 482 g/mol. The van der Waals surface area contributed by atoms with Gasteiger partial charge in [0, 0.05) is 6.42 Å². The Hall–Kier alpha value is -3.68. The van der Waals surface area contributed by atoms with E-state index < -0.39 is 11.9 Å². The van der Waals surface area contributed by atoms with Gasteiger partial charge in [-0.15, -0.1) is 0 Å². The van der Waals surface area contributed by atoms with Crippen LogP contribution < -0.4 is 20.2 Å². The number of unbranched alkanes of at least 4 members (excludes halogenated alkanes) is 8. The van der Waals surface area contributed by atoms with E-state index in [1.807, 2.05) is 13.0 Å². The van der Waals surface area contributed by atoms with Crippen LogP contribution in [0.5, 0.6) is 11.5 Å². The number of carbonyl (C=O) groups excluding carboxylic acids is 3. The molecule has 2 rings (SSSR count). The Morgan fingerprint density at radius 2 is 1.50 bits per heavy atom. The molecule has 2 amide bonds. The molecule has 0 fully saturated rings. The molecule has 0 bridgehead atoms. The van der Waals surface area contributed by atoms with Gasteiger partial charge in [0.1, 0.15) is 0 Å². The summed E-state index contributed by atoms with van der Waals surface area (Å²) in [6.45, 7) is 4.29. The lowest BCUT2D eigenvalue weighted by molar-refractivity contribution is -0.126. The lowest BCUT2D eigenvalue weighted by atomic mass is 10.1. The fourth-order valence-corrected chi connectivity index (χ4v) is 3.77. The predicted molar refractivity (Wildman–Crippen MR) is 150 cm³/mol. The summed E-state index contributed by atoms with van der Waals surface area (Å²) in [5, 5.41) is 6.57. The number of carbonyl (C=O) groups is 3. The van der Waals surface area contributed by atoms with Crippen LogP contribution in [-0.4, -0.2) is 37.1 Å². The maximum atomic E-state index is 12.4. The molecule has 0 aliphatic rings. The molecule has 2 aromatic carbocycles. The fraction of sp³-hybridized carbons (Fsp3) is 0.467. The molecular formula is C30H41N3O5. The second-order valence-corrected chi connectivity index (χ2v) is 9.04. The number of benzene rings is 2. The van der Waals surface area contributed by atoms with E-state index >= 15 is 0 Å². The largest absolute Gasteiger partial charge is 0.490 e. The standard InChI is InChI=1S/C30H41N3O5/c1-3-5-6-7-8-9-10-11-15-18-28(34)31-23-29(35)33-32-22-24-19-20-26(27(21-24)37-4-2)38-30(36)25-16-13-12-14-17-25/h12-14,16-17,19-22H,3-11,15,18,23H2,1-2H3,(H,31,34)(H,33,35). The predicted octanol–water partition coefficient (Wildman–Crippen LogP) is 5.79. The summed E-state index contributed by atoms with van der Waals surface area (Å²) in [7, 11) is 0. The van der Waals surface area contributed by atoms with Crippen LogP contribution in [0.2, 0.25) is 0 Å². The van der Waals surface area contributed by atoms with Gasteiger partial charge in [0.2, 0.25) is 5.91 Å². The normalized spacial score (nSPS) is 10.8. The number of nitrogens with zero attached hydrogens (tertiary/aromatic N) is 1. The van der Waals surface area contributed by atoms with Gasteiger partial charge in [-0.25, -0.2) is 10.2 Å². The van der Waals surface area contributed by atoms with Crippen molar-refractivity contribution in [3.8, 4) is 11.5 Å². The first-order chi connectivity index (χ1) is 18.5. The maximum absolute atomic E-state index is 12.4. The minimum absolute atomic E-state index is 0.130. The lowest BCUT2D eigenvalue weighted by Gasteiger charge is -2.11. The van der Waals surface area contributed by atoms with Gasteiger partial charge in [0.05, 0.1) is 24.9 Å². The number of hydrogen-bond acceptors (Lipinski definition) is 6. The van der Waals surface area contributed by atoms with Gasteiger partial charge >= 0.3 is 5.97 Å². The SMILES string of the molecule is CCCCCCCCCCCC(=O)NCC(=O)NN=Cc1ccc(OC(=O)c2ccccc2)c(OCC)c1. The summed E-state index contributed by atoms with van der Waals surface area (Å²) < 4.78 is 11.1. The molecule has 2 N–H and O–H groups in total. The Morgan fingerprint density at radius 3 is 2.18 bits per heavy atom. The molecule has 0 atom stereocenters. The van der Waals surface area contributed by atoms with Crippen LogP contribution in [0, 0.1) is 0 Å². The monoisotopic (exact) mass is 523 g/mol. The summed E-state index contributed by atoms with van der Waals surface area (Å²) in [6, 6.07) is 13.7. The molecule has 0 aliphatic carbocycles. The van der Waals surface area contributed by atoms with E-state index in [0.717, 1.165) is 19.3 Å².